The fourth-order valence-corrected chi connectivity index (χ4v) is 2.16. The van der Waals surface area contributed by atoms with Crippen LogP contribution in [0.2, 0.25) is 0 Å². The first-order valence-electron chi connectivity index (χ1n) is 6.36. The lowest BCUT2D eigenvalue weighted by molar-refractivity contribution is -0.138. The van der Waals surface area contributed by atoms with Crippen LogP contribution >= 0.6 is 0 Å². The van der Waals surface area contributed by atoms with Crippen molar-refractivity contribution in [3.05, 3.63) is 42.0 Å². The SMILES string of the molecule is C=C(CN1C(=O)CCc2ccccc21)C(=O)OCC. The van der Waals surface area contributed by atoms with Crippen molar-refractivity contribution in [2.75, 3.05) is 18.1 Å². The summed E-state index contributed by atoms with van der Waals surface area (Å²) in [6, 6.07) is 7.73. The highest BCUT2D eigenvalue weighted by atomic mass is 16.5. The quantitative estimate of drug-likeness (QED) is 0.614. The van der Waals surface area contributed by atoms with E-state index >= 15 is 0 Å². The zero-order valence-corrected chi connectivity index (χ0v) is 11.0. The van der Waals surface area contributed by atoms with E-state index in [1.807, 2.05) is 24.3 Å². The molecule has 2 rings (SSSR count). The van der Waals surface area contributed by atoms with E-state index in [0.29, 0.717) is 18.6 Å². The number of esters is 1. The van der Waals surface area contributed by atoms with Crippen molar-refractivity contribution in [2.24, 2.45) is 0 Å². The van der Waals surface area contributed by atoms with Crippen molar-refractivity contribution >= 4 is 17.6 Å². The van der Waals surface area contributed by atoms with Gasteiger partial charge in [0.25, 0.3) is 0 Å². The Morgan fingerprint density at radius 3 is 2.84 bits per heavy atom. The molecular formula is C15H17NO3. The van der Waals surface area contributed by atoms with Gasteiger partial charge in [-0.3, -0.25) is 4.79 Å². The highest BCUT2D eigenvalue weighted by Crippen LogP contribution is 2.27. The molecule has 1 aliphatic rings. The fraction of sp³-hybridized carbons (Fsp3) is 0.333. The van der Waals surface area contributed by atoms with E-state index in [-0.39, 0.29) is 12.5 Å². The summed E-state index contributed by atoms with van der Waals surface area (Å²) in [6.45, 7) is 5.95. The summed E-state index contributed by atoms with van der Waals surface area (Å²) in [5.41, 5.74) is 2.29. The number of carbonyl (C=O) groups excluding carboxylic acids is 2. The Balaban J connectivity index is 2.18. The molecule has 1 aliphatic heterocycles. The molecule has 0 spiro atoms. The molecule has 0 radical (unpaired) electrons. The molecule has 1 amide bonds. The molecule has 0 atom stereocenters. The summed E-state index contributed by atoms with van der Waals surface area (Å²) in [7, 11) is 0. The third-order valence-corrected chi connectivity index (χ3v) is 3.10. The summed E-state index contributed by atoms with van der Waals surface area (Å²) in [5.74, 6) is -0.428. The lowest BCUT2D eigenvalue weighted by Crippen LogP contribution is -2.37. The Labute approximate surface area is 112 Å². The number of ether oxygens (including phenoxy) is 1. The predicted molar refractivity (Wildman–Crippen MR) is 72.9 cm³/mol. The smallest absolute Gasteiger partial charge is 0.335 e. The van der Waals surface area contributed by atoms with Crippen molar-refractivity contribution in [1.82, 2.24) is 0 Å². The van der Waals surface area contributed by atoms with Crippen LogP contribution in [0, 0.1) is 0 Å². The minimum atomic E-state index is -0.446. The molecule has 0 aromatic heterocycles. The number of rotatable bonds is 4. The van der Waals surface area contributed by atoms with Crippen LogP contribution in [-0.4, -0.2) is 25.0 Å². The topological polar surface area (TPSA) is 46.6 Å². The van der Waals surface area contributed by atoms with Crippen molar-refractivity contribution < 1.29 is 14.3 Å². The van der Waals surface area contributed by atoms with Crippen LogP contribution in [0.4, 0.5) is 5.69 Å². The van der Waals surface area contributed by atoms with E-state index < -0.39 is 5.97 Å². The van der Waals surface area contributed by atoms with Crippen LogP contribution in [0.1, 0.15) is 18.9 Å². The van der Waals surface area contributed by atoms with Crippen LogP contribution in [0.5, 0.6) is 0 Å². The zero-order chi connectivity index (χ0) is 13.8. The zero-order valence-electron chi connectivity index (χ0n) is 11.0. The molecule has 100 valence electrons. The molecule has 1 aromatic rings. The molecule has 4 heteroatoms. The molecule has 0 bridgehead atoms. The molecule has 0 saturated carbocycles. The van der Waals surface area contributed by atoms with Crippen molar-refractivity contribution in [3.63, 3.8) is 0 Å². The van der Waals surface area contributed by atoms with Gasteiger partial charge in [0.1, 0.15) is 0 Å². The molecule has 0 aliphatic carbocycles. The van der Waals surface area contributed by atoms with Crippen molar-refractivity contribution in [1.29, 1.82) is 0 Å². The summed E-state index contributed by atoms with van der Waals surface area (Å²) in [6.07, 6.45) is 1.21. The van der Waals surface area contributed by atoms with Gasteiger partial charge in [-0.15, -0.1) is 0 Å². The second kappa shape index (κ2) is 5.69. The van der Waals surface area contributed by atoms with Gasteiger partial charge in [-0.05, 0) is 25.0 Å². The number of amides is 1. The third kappa shape index (κ3) is 2.84. The van der Waals surface area contributed by atoms with E-state index in [1.54, 1.807) is 11.8 Å². The highest BCUT2D eigenvalue weighted by molar-refractivity contribution is 5.99. The number of nitrogens with zero attached hydrogens (tertiary/aromatic N) is 1. The average molecular weight is 259 g/mol. The van der Waals surface area contributed by atoms with Gasteiger partial charge in [-0.1, -0.05) is 24.8 Å². The molecule has 0 unspecified atom stereocenters. The number of anilines is 1. The van der Waals surface area contributed by atoms with Gasteiger partial charge in [0.15, 0.2) is 0 Å². The third-order valence-electron chi connectivity index (χ3n) is 3.10. The molecule has 0 saturated heterocycles. The number of para-hydroxylation sites is 1. The molecule has 1 heterocycles. The Morgan fingerprint density at radius 1 is 1.37 bits per heavy atom. The normalized spacial score (nSPS) is 13.9. The monoisotopic (exact) mass is 259 g/mol. The number of fused-ring (bicyclic) bond motifs is 1. The minimum absolute atomic E-state index is 0.0177. The standard InChI is InChI=1S/C15H17NO3/c1-3-19-15(18)11(2)10-16-13-7-5-4-6-12(13)8-9-14(16)17/h4-7H,2-3,8-10H2,1H3. The first kappa shape index (κ1) is 13.3. The lowest BCUT2D eigenvalue weighted by Gasteiger charge is -2.29. The Morgan fingerprint density at radius 2 is 2.11 bits per heavy atom. The molecule has 19 heavy (non-hydrogen) atoms. The van der Waals surface area contributed by atoms with Crippen LogP contribution in [0.15, 0.2) is 36.4 Å². The number of hydrogen-bond donors (Lipinski definition) is 0. The van der Waals surface area contributed by atoms with Crippen LogP contribution in [-0.2, 0) is 20.7 Å². The van der Waals surface area contributed by atoms with Crippen LogP contribution in [0.25, 0.3) is 0 Å². The minimum Gasteiger partial charge on any atom is -0.463 e. The van der Waals surface area contributed by atoms with Crippen molar-refractivity contribution in [2.45, 2.75) is 19.8 Å². The number of aryl methyl sites for hydroxylation is 1. The van der Waals surface area contributed by atoms with Gasteiger partial charge in [0.05, 0.1) is 13.2 Å². The largest absolute Gasteiger partial charge is 0.463 e. The second-order valence-electron chi connectivity index (χ2n) is 4.43. The van der Waals surface area contributed by atoms with E-state index in [9.17, 15) is 9.59 Å². The second-order valence-corrected chi connectivity index (χ2v) is 4.43. The van der Waals surface area contributed by atoms with Gasteiger partial charge in [-0.2, -0.15) is 0 Å². The Kier molecular flexibility index (Phi) is 4.00. The number of hydrogen-bond acceptors (Lipinski definition) is 3. The molecule has 4 nitrogen and oxygen atoms in total. The number of benzene rings is 1. The summed E-state index contributed by atoms with van der Waals surface area (Å²) in [5, 5.41) is 0. The van der Waals surface area contributed by atoms with E-state index in [4.69, 9.17) is 4.74 Å². The predicted octanol–water partition coefficient (Wildman–Crippen LogP) is 2.09. The maximum Gasteiger partial charge on any atom is 0.335 e. The number of carbonyl (C=O) groups is 2. The van der Waals surface area contributed by atoms with E-state index in [0.717, 1.165) is 17.7 Å². The first-order chi connectivity index (χ1) is 9.13. The summed E-state index contributed by atoms with van der Waals surface area (Å²) < 4.78 is 4.89. The van der Waals surface area contributed by atoms with Crippen LogP contribution < -0.4 is 4.90 Å². The van der Waals surface area contributed by atoms with Gasteiger partial charge in [0.2, 0.25) is 5.91 Å². The molecular weight excluding hydrogens is 242 g/mol. The molecule has 0 N–H and O–H groups in total. The lowest BCUT2D eigenvalue weighted by atomic mass is 10.0. The molecule has 0 fully saturated rings. The van der Waals surface area contributed by atoms with E-state index in [1.165, 1.54) is 0 Å². The van der Waals surface area contributed by atoms with Crippen LogP contribution in [0.3, 0.4) is 0 Å². The van der Waals surface area contributed by atoms with Crippen molar-refractivity contribution in [3.8, 4) is 0 Å². The Hall–Kier alpha value is -2.10. The average Bonchev–Trinajstić information content (AvgIpc) is 2.42. The summed E-state index contributed by atoms with van der Waals surface area (Å²) >= 11 is 0. The first-order valence-corrected chi connectivity index (χ1v) is 6.36. The summed E-state index contributed by atoms with van der Waals surface area (Å²) in [4.78, 5) is 25.2. The fourth-order valence-electron chi connectivity index (χ4n) is 2.16. The maximum atomic E-state index is 12.0. The van der Waals surface area contributed by atoms with Gasteiger partial charge >= 0.3 is 5.97 Å². The van der Waals surface area contributed by atoms with Gasteiger partial charge in [0, 0.05) is 17.7 Å². The molecule has 1 aromatic carbocycles. The maximum absolute atomic E-state index is 12.0. The Bertz CT molecular complexity index is 522. The van der Waals surface area contributed by atoms with Gasteiger partial charge < -0.3 is 9.64 Å². The highest BCUT2D eigenvalue weighted by Gasteiger charge is 2.25. The van der Waals surface area contributed by atoms with Gasteiger partial charge in [-0.25, -0.2) is 4.79 Å². The van der Waals surface area contributed by atoms with E-state index in [2.05, 4.69) is 6.58 Å².